The maximum atomic E-state index is 11.8. The van der Waals surface area contributed by atoms with Crippen molar-refractivity contribution in [1.82, 2.24) is 0 Å². The van der Waals surface area contributed by atoms with E-state index in [1.807, 2.05) is 0 Å². The zero-order valence-electron chi connectivity index (χ0n) is 22.5. The van der Waals surface area contributed by atoms with Gasteiger partial charge in [0, 0.05) is 42.7 Å². The predicted octanol–water partition coefficient (Wildman–Crippen LogP) is 4.85. The molecule has 0 saturated heterocycles. The zero-order chi connectivity index (χ0) is 30.1. The van der Waals surface area contributed by atoms with Gasteiger partial charge >= 0.3 is 17.9 Å². The van der Waals surface area contributed by atoms with Crippen molar-refractivity contribution in [2.45, 2.75) is 6.42 Å². The number of carbonyl (C=O) groups is 3. The first-order valence-corrected chi connectivity index (χ1v) is 23.3. The van der Waals surface area contributed by atoms with E-state index in [1.54, 1.807) is 35.3 Å². The Hall–Kier alpha value is 1.75. The van der Waals surface area contributed by atoms with E-state index in [9.17, 15) is 14.4 Å². The minimum atomic E-state index is -0.275. The first-order chi connectivity index (χ1) is 20.1. The zero-order valence-corrected chi connectivity index (χ0v) is 30.6. The number of thioether (sulfide) groups is 10. The van der Waals surface area contributed by atoms with Crippen LogP contribution in [-0.2, 0) is 38.4 Å². The molecule has 0 aliphatic rings. The van der Waals surface area contributed by atoms with Crippen molar-refractivity contribution in [3.8, 4) is 0 Å². The molecule has 20 heteroatoms. The van der Waals surface area contributed by atoms with Crippen LogP contribution in [0.4, 0.5) is 0 Å². The lowest BCUT2D eigenvalue weighted by Crippen LogP contribution is -2.08. The molecule has 0 rings (SSSR count). The van der Waals surface area contributed by atoms with Crippen molar-refractivity contribution < 1.29 is 48.6 Å². The van der Waals surface area contributed by atoms with E-state index in [2.05, 4.69) is 0 Å². The van der Waals surface area contributed by atoms with E-state index < -0.39 is 0 Å². The topological polar surface area (TPSA) is 138 Å². The summed E-state index contributed by atoms with van der Waals surface area (Å²) < 4.78 is 15.3. The highest BCUT2D eigenvalue weighted by atomic mass is 32.2. The number of rotatable bonds is 32. The van der Waals surface area contributed by atoms with Gasteiger partial charge in [-0.2, -0.15) is 11.8 Å². The average Bonchev–Trinajstić information content (AvgIpc) is 2.96. The van der Waals surface area contributed by atoms with Crippen LogP contribution in [0.1, 0.15) is 6.42 Å². The van der Waals surface area contributed by atoms with E-state index in [0.717, 1.165) is 21.7 Å². The third-order valence-electron chi connectivity index (χ3n) is 3.52. The summed E-state index contributed by atoms with van der Waals surface area (Å²) in [5.74, 6) is 3.10. The molecule has 0 aromatic heterocycles. The Balaban J connectivity index is 3.25. The second-order valence-corrected chi connectivity index (χ2v) is 18.4. The molecule has 41 heavy (non-hydrogen) atoms. The Morgan fingerprint density at radius 3 is 1.37 bits per heavy atom. The Kier molecular flexibility index (Phi) is 37.8. The summed E-state index contributed by atoms with van der Waals surface area (Å²) >= 11 is 15.0. The highest BCUT2D eigenvalue weighted by Crippen LogP contribution is 2.17. The SMILES string of the molecule is O=C(CCSCSCCOOCCSCSCOC(=O)CSCSCO)OCSCSCC(=O)OCSCSCO. The fourth-order valence-electron chi connectivity index (χ4n) is 1.83. The summed E-state index contributed by atoms with van der Waals surface area (Å²) in [6, 6.07) is 0. The molecular weight excluding hydrogens is 733 g/mol. The van der Waals surface area contributed by atoms with E-state index in [0.29, 0.717) is 52.3 Å². The molecule has 0 spiro atoms. The van der Waals surface area contributed by atoms with Crippen molar-refractivity contribution in [2.75, 3.05) is 97.1 Å². The summed E-state index contributed by atoms with van der Waals surface area (Å²) in [4.78, 5) is 45.1. The Morgan fingerprint density at radius 2 is 0.854 bits per heavy atom. The van der Waals surface area contributed by atoms with E-state index >= 15 is 0 Å². The molecule has 0 aliphatic heterocycles. The molecular formula is C21H38O10S10. The van der Waals surface area contributed by atoms with Crippen LogP contribution in [0.3, 0.4) is 0 Å². The van der Waals surface area contributed by atoms with Crippen molar-refractivity contribution in [1.29, 1.82) is 0 Å². The molecule has 0 unspecified atom stereocenters. The summed E-state index contributed by atoms with van der Waals surface area (Å²) in [5, 5.41) is 20.9. The van der Waals surface area contributed by atoms with E-state index in [1.165, 1.54) is 82.3 Å². The monoisotopic (exact) mass is 770 g/mol. The van der Waals surface area contributed by atoms with Crippen LogP contribution >= 0.6 is 118 Å². The van der Waals surface area contributed by atoms with Crippen LogP contribution in [0.15, 0.2) is 0 Å². The number of hydrogen-bond donors (Lipinski definition) is 2. The van der Waals surface area contributed by atoms with Crippen molar-refractivity contribution in [3.63, 3.8) is 0 Å². The Bertz CT molecular complexity index is 628. The second-order valence-electron chi connectivity index (χ2n) is 6.59. The Labute approximate surface area is 285 Å². The number of aliphatic hydroxyl groups excluding tert-OH is 2. The smallest absolute Gasteiger partial charge is 0.316 e. The van der Waals surface area contributed by atoms with Crippen molar-refractivity contribution in [3.05, 3.63) is 0 Å². The van der Waals surface area contributed by atoms with Crippen molar-refractivity contribution >= 4 is 136 Å². The van der Waals surface area contributed by atoms with E-state index in [4.69, 9.17) is 34.2 Å². The van der Waals surface area contributed by atoms with Crippen molar-refractivity contribution in [2.24, 2.45) is 0 Å². The number of hydrogen-bond acceptors (Lipinski definition) is 20. The van der Waals surface area contributed by atoms with Gasteiger partial charge in [-0.05, 0) is 0 Å². The molecule has 0 fully saturated rings. The molecule has 0 saturated carbocycles. The molecule has 0 atom stereocenters. The lowest BCUT2D eigenvalue weighted by Gasteiger charge is -2.06. The lowest BCUT2D eigenvalue weighted by molar-refractivity contribution is -0.285. The third-order valence-corrected chi connectivity index (χ3v) is 13.7. The average molecular weight is 771 g/mol. The molecule has 2 N–H and O–H groups in total. The molecule has 0 amide bonds. The van der Waals surface area contributed by atoms with Gasteiger partial charge in [-0.15, -0.1) is 106 Å². The molecule has 0 radical (unpaired) electrons. The lowest BCUT2D eigenvalue weighted by atomic mass is 10.5. The van der Waals surface area contributed by atoms with Crippen LogP contribution in [-0.4, -0.2) is 125 Å². The fourth-order valence-corrected chi connectivity index (χ4v) is 9.51. The van der Waals surface area contributed by atoms with Gasteiger partial charge in [0.25, 0.3) is 0 Å². The quantitative estimate of drug-likeness (QED) is 0.0241. The van der Waals surface area contributed by atoms with Crippen LogP contribution in [0, 0.1) is 0 Å². The van der Waals surface area contributed by atoms with Gasteiger partial charge in [-0.3, -0.25) is 14.4 Å². The summed E-state index contributed by atoms with van der Waals surface area (Å²) in [5.41, 5.74) is 0. The minimum Gasteiger partial charge on any atom is -0.455 e. The number of ether oxygens (including phenoxy) is 3. The van der Waals surface area contributed by atoms with Gasteiger partial charge in [0.15, 0.2) is 0 Å². The largest absolute Gasteiger partial charge is 0.455 e. The number of carbonyl (C=O) groups excluding carboxylic acids is 3. The molecule has 242 valence electrons. The standard InChI is InChI=1S/C21H38O10S10/c22-9-37-16-35-7-20(25)28-12-39-15-34-6-3-31-30-2-5-33-14-32-4-1-19(24)27-11-40-17-36-8-21(26)29-13-41-18-38-10-23/h22-23H,1-18H2. The van der Waals surface area contributed by atoms with Gasteiger partial charge in [0.05, 0.1) is 43.0 Å². The second kappa shape index (κ2) is 36.2. The summed E-state index contributed by atoms with van der Waals surface area (Å²) in [6.45, 7) is 0.980. The Morgan fingerprint density at radius 1 is 0.463 bits per heavy atom. The normalized spacial score (nSPS) is 11.0. The summed E-state index contributed by atoms with van der Waals surface area (Å²) in [6.07, 6.45) is 0.360. The molecule has 0 bridgehead atoms. The molecule has 10 nitrogen and oxygen atoms in total. The van der Waals surface area contributed by atoms with Gasteiger partial charge in [0.1, 0.15) is 17.8 Å². The van der Waals surface area contributed by atoms with Gasteiger partial charge in [-0.25, -0.2) is 9.78 Å². The maximum absolute atomic E-state index is 11.8. The van der Waals surface area contributed by atoms with E-state index in [-0.39, 0.29) is 47.4 Å². The first kappa shape index (κ1) is 42.8. The summed E-state index contributed by atoms with van der Waals surface area (Å²) in [7, 11) is 0. The number of esters is 3. The van der Waals surface area contributed by atoms with Crippen LogP contribution in [0.2, 0.25) is 0 Å². The first-order valence-electron chi connectivity index (χ1n) is 11.8. The highest BCUT2D eigenvalue weighted by Gasteiger charge is 2.06. The predicted molar refractivity (Wildman–Crippen MR) is 188 cm³/mol. The van der Waals surface area contributed by atoms with Gasteiger partial charge < -0.3 is 24.4 Å². The van der Waals surface area contributed by atoms with Crippen LogP contribution < -0.4 is 0 Å². The molecule has 0 heterocycles. The molecule has 0 aromatic rings. The van der Waals surface area contributed by atoms with Gasteiger partial charge in [0.2, 0.25) is 0 Å². The highest BCUT2D eigenvalue weighted by molar-refractivity contribution is 8.17. The molecule has 0 aliphatic carbocycles. The third kappa shape index (κ3) is 36.1. The fraction of sp³-hybridized carbons (Fsp3) is 0.857. The van der Waals surface area contributed by atoms with Crippen LogP contribution in [0.5, 0.6) is 0 Å². The van der Waals surface area contributed by atoms with Crippen LogP contribution in [0.25, 0.3) is 0 Å². The number of aliphatic hydroxyl groups is 2. The maximum Gasteiger partial charge on any atom is 0.316 e. The molecule has 0 aromatic carbocycles. The van der Waals surface area contributed by atoms with Gasteiger partial charge in [-0.1, -0.05) is 0 Å². The minimum absolute atomic E-state index is 0.0592.